The van der Waals surface area contributed by atoms with Crippen LogP contribution >= 0.6 is 11.6 Å². The van der Waals surface area contributed by atoms with Crippen molar-refractivity contribution in [2.75, 3.05) is 22.6 Å². The van der Waals surface area contributed by atoms with Crippen LogP contribution < -0.4 is 10.2 Å². The molecule has 1 saturated carbocycles. The van der Waals surface area contributed by atoms with Crippen LogP contribution in [0.1, 0.15) is 77.2 Å². The first-order valence-corrected chi connectivity index (χ1v) is 16.0. The second kappa shape index (κ2) is 13.8. The summed E-state index contributed by atoms with van der Waals surface area (Å²) in [4.78, 5) is 43.9. The zero-order chi connectivity index (χ0) is 33.2. The van der Waals surface area contributed by atoms with Gasteiger partial charge in [0.1, 0.15) is 11.7 Å². The molecule has 0 radical (unpaired) electrons. The van der Waals surface area contributed by atoms with E-state index in [1.165, 1.54) is 36.1 Å². The van der Waals surface area contributed by atoms with E-state index in [0.717, 1.165) is 31.7 Å². The molecule has 0 unspecified atom stereocenters. The highest BCUT2D eigenvalue weighted by Crippen LogP contribution is 2.40. The van der Waals surface area contributed by atoms with Gasteiger partial charge in [-0.15, -0.1) is 11.6 Å². The predicted octanol–water partition coefficient (Wildman–Crippen LogP) is 8.21. The number of carbonyl (C=O) groups excluding carboxylic acids is 3. The van der Waals surface area contributed by atoms with Crippen molar-refractivity contribution in [2.24, 2.45) is 5.92 Å². The fourth-order valence-corrected chi connectivity index (χ4v) is 6.94. The molecule has 2 atom stereocenters. The lowest BCUT2D eigenvalue weighted by Crippen LogP contribution is -2.47. The molecule has 1 heterocycles. The number of nitrogens with zero attached hydrogens (tertiary/aromatic N) is 2. The Morgan fingerprint density at radius 2 is 1.63 bits per heavy atom. The molecule has 6 nitrogen and oxygen atoms in total. The number of aryl methyl sites for hydroxylation is 2. The van der Waals surface area contributed by atoms with Crippen molar-refractivity contribution in [3.63, 3.8) is 0 Å². The molecule has 5 rings (SSSR count). The van der Waals surface area contributed by atoms with Gasteiger partial charge in [0, 0.05) is 24.0 Å². The molecule has 3 amide bonds. The lowest BCUT2D eigenvalue weighted by atomic mass is 9.83. The minimum Gasteiger partial charge on any atom is -0.331 e. The van der Waals surface area contributed by atoms with Gasteiger partial charge >= 0.3 is 6.18 Å². The maximum absolute atomic E-state index is 15.0. The Labute approximate surface area is 270 Å². The molecular weight excluding hydrogens is 622 g/mol. The fourth-order valence-electron chi connectivity index (χ4n) is 6.81. The number of halogens is 5. The number of rotatable bonds is 7. The van der Waals surface area contributed by atoms with Crippen molar-refractivity contribution in [3.05, 3.63) is 94.3 Å². The van der Waals surface area contributed by atoms with Crippen LogP contribution in [0.3, 0.4) is 0 Å². The maximum Gasteiger partial charge on any atom is 0.416 e. The van der Waals surface area contributed by atoms with E-state index in [4.69, 9.17) is 11.6 Å². The molecule has 2 fully saturated rings. The third kappa shape index (κ3) is 6.92. The lowest BCUT2D eigenvalue weighted by molar-refractivity contribution is -0.138. The van der Waals surface area contributed by atoms with E-state index >= 15 is 4.39 Å². The molecule has 46 heavy (non-hydrogen) atoms. The predicted molar refractivity (Wildman–Crippen MR) is 169 cm³/mol. The van der Waals surface area contributed by atoms with E-state index in [2.05, 4.69) is 5.32 Å². The van der Waals surface area contributed by atoms with Gasteiger partial charge in [0.2, 0.25) is 11.8 Å². The minimum atomic E-state index is -4.60. The van der Waals surface area contributed by atoms with E-state index < -0.39 is 41.3 Å². The van der Waals surface area contributed by atoms with Crippen LogP contribution in [0.2, 0.25) is 0 Å². The van der Waals surface area contributed by atoms with Gasteiger partial charge in [0.25, 0.3) is 5.91 Å². The van der Waals surface area contributed by atoms with Crippen LogP contribution in [0.15, 0.2) is 60.7 Å². The van der Waals surface area contributed by atoms with Crippen molar-refractivity contribution < 1.29 is 31.9 Å². The third-order valence-electron chi connectivity index (χ3n) is 9.06. The zero-order valence-corrected chi connectivity index (χ0v) is 26.4. The van der Waals surface area contributed by atoms with Crippen LogP contribution in [0, 0.1) is 25.6 Å². The van der Waals surface area contributed by atoms with Crippen molar-refractivity contribution >= 4 is 40.7 Å². The van der Waals surface area contributed by atoms with Gasteiger partial charge in [-0.1, -0.05) is 43.2 Å². The summed E-state index contributed by atoms with van der Waals surface area (Å²) in [6, 6.07) is 14.1. The first kappa shape index (κ1) is 33.4. The smallest absolute Gasteiger partial charge is 0.331 e. The molecule has 2 aliphatic rings. The van der Waals surface area contributed by atoms with Crippen LogP contribution in [0.4, 0.5) is 28.9 Å². The summed E-state index contributed by atoms with van der Waals surface area (Å²) in [6.07, 6.45) is -0.110. The van der Waals surface area contributed by atoms with E-state index in [1.807, 2.05) is 0 Å². The average Bonchev–Trinajstić information content (AvgIpc) is 3.55. The number of carbonyl (C=O) groups is 3. The Balaban J connectivity index is 1.52. The van der Waals surface area contributed by atoms with Crippen molar-refractivity contribution in [1.82, 2.24) is 4.90 Å². The van der Waals surface area contributed by atoms with Crippen LogP contribution in [-0.2, 0) is 15.8 Å². The number of amides is 3. The van der Waals surface area contributed by atoms with Crippen molar-refractivity contribution in [1.29, 1.82) is 0 Å². The maximum atomic E-state index is 15.0. The molecule has 3 aromatic rings. The highest BCUT2D eigenvalue weighted by molar-refractivity contribution is 6.29. The lowest BCUT2D eigenvalue weighted by Gasteiger charge is -2.41. The Morgan fingerprint density at radius 1 is 0.935 bits per heavy atom. The standard InChI is InChI=1S/C35H36ClF4N3O3/c1-21-12-15-24(19-28(21)35(38,39)40)41-33(45)27-10-6-18-42(34(46)31-22(2)7-5-11-29(31)37)32(27)23-13-16-26(17-14-23)43(30(44)20-36)25-8-3-4-9-25/h5,7,11-17,19,25,27,32H,3-4,6,8-10,18,20H2,1-2H3,(H,41,45)/t27-,32-/m0/s1. The highest BCUT2D eigenvalue weighted by atomic mass is 35.5. The van der Waals surface area contributed by atoms with Gasteiger partial charge in [0.15, 0.2) is 0 Å². The Morgan fingerprint density at radius 3 is 2.26 bits per heavy atom. The van der Waals surface area contributed by atoms with Gasteiger partial charge in [0.05, 0.1) is 23.1 Å². The molecular formula is C35H36ClF4N3O3. The van der Waals surface area contributed by atoms with Crippen molar-refractivity contribution in [3.8, 4) is 0 Å². The molecule has 1 N–H and O–H groups in total. The SMILES string of the molecule is Cc1ccc(NC(=O)[C@H]2CCCN(C(=O)c3c(C)cccc3F)[C@H]2c2ccc(N(C(=O)CCl)C3CCCC3)cc2)cc1C(F)(F)F. The first-order valence-electron chi connectivity index (χ1n) is 15.4. The molecule has 3 aromatic carbocycles. The molecule has 0 aromatic heterocycles. The zero-order valence-electron chi connectivity index (χ0n) is 25.7. The Bertz CT molecular complexity index is 1590. The third-order valence-corrected chi connectivity index (χ3v) is 9.29. The molecule has 0 bridgehead atoms. The summed E-state index contributed by atoms with van der Waals surface area (Å²) in [5.41, 5.74) is 0.715. The largest absolute Gasteiger partial charge is 0.416 e. The molecule has 1 aliphatic carbocycles. The van der Waals surface area contributed by atoms with Gasteiger partial charge in [-0.3, -0.25) is 14.4 Å². The number of alkyl halides is 4. The number of hydrogen-bond donors (Lipinski definition) is 1. The normalized spacial score (nSPS) is 18.8. The van der Waals surface area contributed by atoms with Gasteiger partial charge in [-0.2, -0.15) is 13.2 Å². The number of anilines is 2. The minimum absolute atomic E-state index is 0.0165. The van der Waals surface area contributed by atoms with E-state index in [-0.39, 0.29) is 41.2 Å². The fraction of sp³-hybridized carbons (Fsp3) is 0.400. The summed E-state index contributed by atoms with van der Waals surface area (Å²) in [7, 11) is 0. The molecule has 0 spiro atoms. The quantitative estimate of drug-likeness (QED) is 0.206. The van der Waals surface area contributed by atoms with Crippen molar-refractivity contribution in [2.45, 2.75) is 70.6 Å². The average molecular weight is 658 g/mol. The number of piperidine rings is 1. The van der Waals surface area contributed by atoms with Gasteiger partial charge < -0.3 is 15.1 Å². The topological polar surface area (TPSA) is 69.7 Å². The van der Waals surface area contributed by atoms with Crippen LogP contribution in [-0.4, -0.2) is 41.1 Å². The van der Waals surface area contributed by atoms with Gasteiger partial charge in [-0.05, 0) is 86.6 Å². The summed E-state index contributed by atoms with van der Waals surface area (Å²) in [5.74, 6) is -3.08. The second-order valence-electron chi connectivity index (χ2n) is 12.1. The molecule has 244 valence electrons. The molecule has 1 aliphatic heterocycles. The van der Waals surface area contributed by atoms with Crippen LogP contribution in [0.25, 0.3) is 0 Å². The number of hydrogen-bond acceptors (Lipinski definition) is 3. The molecule has 1 saturated heterocycles. The number of nitrogens with one attached hydrogen (secondary N) is 1. The summed E-state index contributed by atoms with van der Waals surface area (Å²) in [6.45, 7) is 3.22. The monoisotopic (exact) mass is 657 g/mol. The molecule has 11 heteroatoms. The van der Waals surface area contributed by atoms with Gasteiger partial charge in [-0.25, -0.2) is 4.39 Å². The summed E-state index contributed by atoms with van der Waals surface area (Å²) < 4.78 is 55.9. The van der Waals surface area contributed by atoms with E-state index in [0.29, 0.717) is 29.7 Å². The van der Waals surface area contributed by atoms with E-state index in [9.17, 15) is 27.6 Å². The Kier molecular flexibility index (Phi) is 10.1. The van der Waals surface area contributed by atoms with E-state index in [1.54, 1.807) is 42.2 Å². The highest BCUT2D eigenvalue weighted by Gasteiger charge is 2.41. The second-order valence-corrected chi connectivity index (χ2v) is 12.3. The first-order chi connectivity index (χ1) is 21.9. The summed E-state index contributed by atoms with van der Waals surface area (Å²) in [5, 5.41) is 2.64. The summed E-state index contributed by atoms with van der Waals surface area (Å²) >= 11 is 5.96. The number of benzene rings is 3. The Hall–Kier alpha value is -3.92. The van der Waals surface area contributed by atoms with Crippen LogP contribution in [0.5, 0.6) is 0 Å². The number of likely N-dealkylation sites (tertiary alicyclic amines) is 1.